The van der Waals surface area contributed by atoms with Crippen LogP contribution in [0.1, 0.15) is 0 Å². The highest BCUT2D eigenvalue weighted by Crippen LogP contribution is 2.54. The number of rotatable bonds is 3. The summed E-state index contributed by atoms with van der Waals surface area (Å²) in [5.74, 6) is 0.741. The summed E-state index contributed by atoms with van der Waals surface area (Å²) >= 11 is 0. The molecule has 0 saturated heterocycles. The van der Waals surface area contributed by atoms with Crippen LogP contribution in [0.25, 0.3) is 99.1 Å². The van der Waals surface area contributed by atoms with E-state index in [4.69, 9.17) is 9.97 Å². The first-order valence-corrected chi connectivity index (χ1v) is 15.8. The summed E-state index contributed by atoms with van der Waals surface area (Å²) in [7, 11) is 0. The Hall–Kier alpha value is -6.12. The van der Waals surface area contributed by atoms with Crippen molar-refractivity contribution in [3.63, 3.8) is 0 Å². The molecule has 1 heterocycles. The molecule has 0 fully saturated rings. The number of fused-ring (bicyclic) bond motifs is 9. The van der Waals surface area contributed by atoms with Crippen LogP contribution in [-0.2, 0) is 0 Å². The lowest BCUT2D eigenvalue weighted by Gasteiger charge is -2.13. The first-order chi connectivity index (χ1) is 22.8. The minimum atomic E-state index is 0.741. The molecule has 0 bridgehead atoms. The lowest BCUT2D eigenvalue weighted by Crippen LogP contribution is -1.94. The summed E-state index contributed by atoms with van der Waals surface area (Å²) in [4.78, 5) is 10.0. The number of nitrogens with zero attached hydrogens (tertiary/aromatic N) is 2. The van der Waals surface area contributed by atoms with E-state index in [0.717, 1.165) is 22.6 Å². The van der Waals surface area contributed by atoms with E-state index in [1.165, 1.54) is 76.5 Å². The average Bonchev–Trinajstić information content (AvgIpc) is 3.48. The van der Waals surface area contributed by atoms with Crippen LogP contribution in [0.15, 0.2) is 158 Å². The van der Waals surface area contributed by atoms with Gasteiger partial charge in [0.15, 0.2) is 5.82 Å². The Balaban J connectivity index is 1.15. The largest absolute Gasteiger partial charge is 0.237 e. The molecule has 46 heavy (non-hydrogen) atoms. The number of hydrogen-bond acceptors (Lipinski definition) is 2. The monoisotopic (exact) mass is 582 g/mol. The SMILES string of the molecule is c1ccc(-c2ccc3c(-c4ccnc(-c5ccc6c7c(cccc57)-c5c-6c6ccccc6c6ccccc56)n4)cccc3c2)cc1. The molecule has 0 radical (unpaired) electrons. The van der Waals surface area contributed by atoms with Gasteiger partial charge in [-0.3, -0.25) is 0 Å². The van der Waals surface area contributed by atoms with Gasteiger partial charge in [-0.25, -0.2) is 9.97 Å². The normalized spacial score (nSPS) is 11.9. The molecule has 2 heteroatoms. The number of benzene rings is 8. The van der Waals surface area contributed by atoms with Gasteiger partial charge in [-0.1, -0.05) is 133 Å². The Kier molecular flexibility index (Phi) is 5.31. The smallest absolute Gasteiger partial charge is 0.160 e. The van der Waals surface area contributed by atoms with Crippen molar-refractivity contribution in [3.05, 3.63) is 158 Å². The van der Waals surface area contributed by atoms with Crippen LogP contribution in [0.4, 0.5) is 0 Å². The van der Waals surface area contributed by atoms with Crippen molar-refractivity contribution in [3.8, 4) is 56.0 Å². The molecule has 1 aromatic heterocycles. The van der Waals surface area contributed by atoms with E-state index >= 15 is 0 Å². The van der Waals surface area contributed by atoms with Crippen LogP contribution in [0.3, 0.4) is 0 Å². The van der Waals surface area contributed by atoms with E-state index in [1.54, 1.807) is 0 Å². The van der Waals surface area contributed by atoms with Gasteiger partial charge in [-0.15, -0.1) is 0 Å². The van der Waals surface area contributed by atoms with Gasteiger partial charge in [0.25, 0.3) is 0 Å². The third kappa shape index (κ3) is 3.59. The zero-order valence-electron chi connectivity index (χ0n) is 24.9. The molecule has 1 aliphatic carbocycles. The quantitative estimate of drug-likeness (QED) is 0.194. The van der Waals surface area contributed by atoms with Crippen molar-refractivity contribution in [2.24, 2.45) is 0 Å². The average molecular weight is 583 g/mol. The summed E-state index contributed by atoms with van der Waals surface area (Å²) < 4.78 is 0. The Morgan fingerprint density at radius 1 is 0.370 bits per heavy atom. The molecule has 0 aliphatic heterocycles. The van der Waals surface area contributed by atoms with Crippen molar-refractivity contribution in [1.82, 2.24) is 9.97 Å². The van der Waals surface area contributed by atoms with Crippen LogP contribution < -0.4 is 0 Å². The fraction of sp³-hybridized carbons (Fsp3) is 0. The van der Waals surface area contributed by atoms with Crippen molar-refractivity contribution in [1.29, 1.82) is 0 Å². The van der Waals surface area contributed by atoms with Gasteiger partial charge < -0.3 is 0 Å². The molecule has 0 saturated carbocycles. The zero-order chi connectivity index (χ0) is 30.2. The van der Waals surface area contributed by atoms with Crippen molar-refractivity contribution in [2.75, 3.05) is 0 Å². The van der Waals surface area contributed by atoms with Gasteiger partial charge in [0.05, 0.1) is 5.69 Å². The molecule has 212 valence electrons. The molecule has 2 nitrogen and oxygen atoms in total. The summed E-state index contributed by atoms with van der Waals surface area (Å²) in [6.45, 7) is 0. The molecule has 10 rings (SSSR count). The summed E-state index contributed by atoms with van der Waals surface area (Å²) in [6.07, 6.45) is 1.90. The molecule has 0 amide bonds. The fourth-order valence-electron chi connectivity index (χ4n) is 7.67. The maximum atomic E-state index is 5.21. The van der Waals surface area contributed by atoms with Crippen molar-refractivity contribution in [2.45, 2.75) is 0 Å². The van der Waals surface area contributed by atoms with Gasteiger partial charge in [-0.2, -0.15) is 0 Å². The predicted molar refractivity (Wildman–Crippen MR) is 193 cm³/mol. The predicted octanol–water partition coefficient (Wildman–Crippen LogP) is 11.7. The third-order valence-electron chi connectivity index (χ3n) is 9.67. The van der Waals surface area contributed by atoms with Crippen LogP contribution in [0, 0.1) is 0 Å². The number of aromatic nitrogens is 2. The van der Waals surface area contributed by atoms with Crippen LogP contribution in [-0.4, -0.2) is 9.97 Å². The molecule has 0 unspecified atom stereocenters. The van der Waals surface area contributed by atoms with E-state index in [2.05, 4.69) is 146 Å². The maximum absolute atomic E-state index is 5.21. The second-order valence-corrected chi connectivity index (χ2v) is 12.1. The molecule has 0 N–H and O–H groups in total. The molecular weight excluding hydrogens is 556 g/mol. The topological polar surface area (TPSA) is 25.8 Å². The van der Waals surface area contributed by atoms with Gasteiger partial charge in [0, 0.05) is 17.3 Å². The standard InChI is InChI=1S/C44H26N2/c1-2-10-27(11-3-1)28-20-21-30-29(26-28)12-8-17-33(30)40-24-25-45-44(46-40)37-22-23-39-41-36(37)18-9-19-38(41)42-34-15-6-4-13-31(34)32-14-5-7-16-35(32)43(39)42/h1-26H. The Morgan fingerprint density at radius 3 is 1.78 bits per heavy atom. The van der Waals surface area contributed by atoms with Gasteiger partial charge in [0.2, 0.25) is 0 Å². The second-order valence-electron chi connectivity index (χ2n) is 12.1. The zero-order valence-corrected chi connectivity index (χ0v) is 24.9. The van der Waals surface area contributed by atoms with Crippen LogP contribution in [0.2, 0.25) is 0 Å². The summed E-state index contributed by atoms with van der Waals surface area (Å²) in [5.41, 5.74) is 10.7. The molecule has 0 spiro atoms. The fourth-order valence-corrected chi connectivity index (χ4v) is 7.67. The van der Waals surface area contributed by atoms with Crippen molar-refractivity contribution < 1.29 is 0 Å². The van der Waals surface area contributed by atoms with E-state index < -0.39 is 0 Å². The molecular formula is C44H26N2. The van der Waals surface area contributed by atoms with E-state index in [9.17, 15) is 0 Å². The molecule has 9 aromatic rings. The number of hydrogen-bond donors (Lipinski definition) is 0. The minimum Gasteiger partial charge on any atom is -0.237 e. The summed E-state index contributed by atoms with van der Waals surface area (Å²) in [6, 6.07) is 54.6. The van der Waals surface area contributed by atoms with Crippen LogP contribution in [0.5, 0.6) is 0 Å². The summed E-state index contributed by atoms with van der Waals surface area (Å²) in [5, 5.41) is 10.0. The molecule has 8 aromatic carbocycles. The first-order valence-electron chi connectivity index (χ1n) is 15.8. The lowest BCUT2D eigenvalue weighted by atomic mass is 9.90. The van der Waals surface area contributed by atoms with E-state index in [1.807, 2.05) is 12.3 Å². The minimum absolute atomic E-state index is 0.741. The maximum Gasteiger partial charge on any atom is 0.160 e. The first kappa shape index (κ1) is 25.2. The Bertz CT molecular complexity index is 2620. The van der Waals surface area contributed by atoms with E-state index in [0.29, 0.717) is 0 Å². The van der Waals surface area contributed by atoms with Gasteiger partial charge >= 0.3 is 0 Å². The Labute approximate surface area is 266 Å². The van der Waals surface area contributed by atoms with Crippen LogP contribution >= 0.6 is 0 Å². The van der Waals surface area contributed by atoms with E-state index in [-0.39, 0.29) is 0 Å². The second kappa shape index (κ2) is 9.69. The lowest BCUT2D eigenvalue weighted by molar-refractivity contribution is 1.19. The van der Waals surface area contributed by atoms with Gasteiger partial charge in [0.1, 0.15) is 0 Å². The van der Waals surface area contributed by atoms with Gasteiger partial charge in [-0.05, 0) is 94.7 Å². The molecule has 0 atom stereocenters. The third-order valence-corrected chi connectivity index (χ3v) is 9.67. The highest BCUT2D eigenvalue weighted by Gasteiger charge is 2.27. The molecule has 1 aliphatic rings. The highest BCUT2D eigenvalue weighted by molar-refractivity contribution is 6.31. The van der Waals surface area contributed by atoms with Crippen molar-refractivity contribution >= 4 is 43.1 Å². The highest BCUT2D eigenvalue weighted by atomic mass is 14.9. The Morgan fingerprint density at radius 2 is 1.00 bits per heavy atom.